The molecule has 2 aromatic heterocycles. The molecular weight excluding hydrogens is 360 g/mol. The molecule has 2 aromatic rings. The molecule has 8 heteroatoms. The van der Waals surface area contributed by atoms with Gasteiger partial charge in [0.1, 0.15) is 29.5 Å². The number of hydrogen-bond acceptors (Lipinski definition) is 7. The Hall–Kier alpha value is -2.18. The van der Waals surface area contributed by atoms with Crippen molar-refractivity contribution < 1.29 is 20.1 Å². The molecule has 8 nitrogen and oxygen atoms in total. The molecule has 0 aromatic carbocycles. The van der Waals surface area contributed by atoms with E-state index < -0.39 is 29.6 Å². The van der Waals surface area contributed by atoms with Gasteiger partial charge < -0.3 is 30.4 Å². The van der Waals surface area contributed by atoms with Crippen LogP contribution in [0.2, 0.25) is 0 Å². The number of nitrogen functional groups attached to an aromatic ring is 1. The third kappa shape index (κ3) is 2.22. The molecule has 5 rings (SSSR count). The van der Waals surface area contributed by atoms with Crippen LogP contribution in [0.1, 0.15) is 56.2 Å². The molecule has 1 aliphatic heterocycles. The van der Waals surface area contributed by atoms with E-state index in [2.05, 4.69) is 15.9 Å². The van der Waals surface area contributed by atoms with Gasteiger partial charge in [-0.1, -0.05) is 25.2 Å². The molecule has 28 heavy (non-hydrogen) atoms. The Morgan fingerprint density at radius 3 is 2.61 bits per heavy atom. The Morgan fingerprint density at radius 2 is 1.96 bits per heavy atom. The SMILES string of the molecule is C#C[C@@]1(O)[C@H](O)C2(CC2O)O[C@H]1n1cc(C2CCCCC2)c2c(N)ncnc21. The van der Waals surface area contributed by atoms with Crippen molar-refractivity contribution in [2.24, 2.45) is 0 Å². The number of ether oxygens (including phenoxy) is 1. The van der Waals surface area contributed by atoms with E-state index in [9.17, 15) is 15.3 Å². The number of terminal acetylenes is 1. The predicted octanol–water partition coefficient (Wildman–Crippen LogP) is 0.819. The lowest BCUT2D eigenvalue weighted by atomic mass is 9.84. The van der Waals surface area contributed by atoms with Crippen molar-refractivity contribution in [1.82, 2.24) is 14.5 Å². The average molecular weight is 384 g/mol. The van der Waals surface area contributed by atoms with E-state index in [4.69, 9.17) is 16.9 Å². The van der Waals surface area contributed by atoms with Crippen molar-refractivity contribution in [2.45, 2.75) is 74.1 Å². The van der Waals surface area contributed by atoms with Gasteiger partial charge in [0.25, 0.3) is 0 Å². The zero-order valence-electron chi connectivity index (χ0n) is 15.5. The van der Waals surface area contributed by atoms with Gasteiger partial charge in [0.2, 0.25) is 0 Å². The molecule has 2 unspecified atom stereocenters. The van der Waals surface area contributed by atoms with Crippen LogP contribution in [0.5, 0.6) is 0 Å². The molecule has 3 heterocycles. The first-order valence-corrected chi connectivity index (χ1v) is 9.77. The highest BCUT2D eigenvalue weighted by molar-refractivity contribution is 5.90. The Bertz CT molecular complexity index is 978. The van der Waals surface area contributed by atoms with Crippen molar-refractivity contribution in [3.63, 3.8) is 0 Å². The van der Waals surface area contributed by atoms with Gasteiger partial charge in [-0.05, 0) is 24.3 Å². The molecule has 0 amide bonds. The Kier molecular flexibility index (Phi) is 3.77. The minimum absolute atomic E-state index is 0.223. The molecule has 1 spiro atoms. The maximum Gasteiger partial charge on any atom is 0.199 e. The monoisotopic (exact) mass is 384 g/mol. The van der Waals surface area contributed by atoms with Crippen molar-refractivity contribution in [1.29, 1.82) is 0 Å². The molecule has 2 aliphatic carbocycles. The van der Waals surface area contributed by atoms with Crippen LogP contribution in [-0.2, 0) is 4.74 Å². The second-order valence-electron chi connectivity index (χ2n) is 8.30. The van der Waals surface area contributed by atoms with Gasteiger partial charge in [-0.3, -0.25) is 0 Å². The first kappa shape index (κ1) is 17.9. The number of aromatic nitrogens is 3. The highest BCUT2D eigenvalue weighted by Crippen LogP contribution is 2.57. The quantitative estimate of drug-likeness (QED) is 0.565. The smallest absolute Gasteiger partial charge is 0.199 e. The second kappa shape index (κ2) is 5.91. The van der Waals surface area contributed by atoms with E-state index >= 15 is 0 Å². The van der Waals surface area contributed by atoms with Crippen LogP contribution < -0.4 is 5.73 Å². The standard InChI is InChI=1S/C20H24N4O4/c1-2-19(27)17(26)20(8-13(20)25)28-18(19)24-9-12(11-6-4-3-5-7-11)14-15(21)22-10-23-16(14)24/h1,9-11,13,17-18,25-27H,3-8H2,(H2,21,22,23)/t13?,17-,18+,19+,20?/m0/s1. The summed E-state index contributed by atoms with van der Waals surface area (Å²) in [5, 5.41) is 32.5. The highest BCUT2D eigenvalue weighted by atomic mass is 16.6. The molecule has 3 fully saturated rings. The third-order valence-electron chi connectivity index (χ3n) is 6.70. The van der Waals surface area contributed by atoms with E-state index in [1.54, 1.807) is 4.57 Å². The zero-order chi connectivity index (χ0) is 19.7. The molecule has 2 saturated carbocycles. The number of anilines is 1. The average Bonchev–Trinajstić information content (AvgIpc) is 3.11. The number of hydrogen-bond donors (Lipinski definition) is 4. The van der Waals surface area contributed by atoms with Gasteiger partial charge in [0, 0.05) is 12.6 Å². The van der Waals surface area contributed by atoms with Crippen LogP contribution in [0, 0.1) is 12.3 Å². The Labute approximate surface area is 162 Å². The molecule has 5 N–H and O–H groups in total. The summed E-state index contributed by atoms with van der Waals surface area (Å²) in [5.74, 6) is 2.98. The van der Waals surface area contributed by atoms with Gasteiger partial charge in [-0.2, -0.15) is 0 Å². The third-order valence-corrected chi connectivity index (χ3v) is 6.70. The molecule has 148 valence electrons. The summed E-state index contributed by atoms with van der Waals surface area (Å²) >= 11 is 0. The van der Waals surface area contributed by atoms with Crippen LogP contribution in [-0.4, -0.2) is 53.3 Å². The van der Waals surface area contributed by atoms with Gasteiger partial charge >= 0.3 is 0 Å². The summed E-state index contributed by atoms with van der Waals surface area (Å²) in [6.07, 6.45) is 11.3. The largest absolute Gasteiger partial charge is 0.390 e. The van der Waals surface area contributed by atoms with E-state index in [1.807, 2.05) is 6.20 Å². The number of aliphatic hydroxyl groups excluding tert-OH is 2. The van der Waals surface area contributed by atoms with Crippen LogP contribution in [0.15, 0.2) is 12.5 Å². The first-order valence-electron chi connectivity index (χ1n) is 9.77. The van der Waals surface area contributed by atoms with Crippen LogP contribution >= 0.6 is 0 Å². The number of aliphatic hydroxyl groups is 3. The number of fused-ring (bicyclic) bond motifs is 1. The van der Waals surface area contributed by atoms with Gasteiger partial charge in [0.15, 0.2) is 11.8 Å². The summed E-state index contributed by atoms with van der Waals surface area (Å²) in [6, 6.07) is 0. The van der Waals surface area contributed by atoms with E-state index in [0.29, 0.717) is 17.4 Å². The summed E-state index contributed by atoms with van der Waals surface area (Å²) in [7, 11) is 0. The van der Waals surface area contributed by atoms with Crippen LogP contribution in [0.3, 0.4) is 0 Å². The zero-order valence-corrected chi connectivity index (χ0v) is 15.5. The molecule has 0 bridgehead atoms. The van der Waals surface area contributed by atoms with Crippen molar-refractivity contribution in [3.8, 4) is 12.3 Å². The number of rotatable bonds is 2. The molecule has 5 atom stereocenters. The number of nitrogens with two attached hydrogens (primary N) is 1. The highest BCUT2D eigenvalue weighted by Gasteiger charge is 2.74. The van der Waals surface area contributed by atoms with E-state index in [0.717, 1.165) is 36.6 Å². The molecule has 3 aliphatic rings. The van der Waals surface area contributed by atoms with Gasteiger partial charge in [-0.25, -0.2) is 9.97 Å². The fourth-order valence-corrected chi connectivity index (χ4v) is 4.99. The second-order valence-corrected chi connectivity index (χ2v) is 8.30. The van der Waals surface area contributed by atoms with Gasteiger partial charge in [0.05, 0.1) is 11.5 Å². The van der Waals surface area contributed by atoms with Crippen molar-refractivity contribution in [3.05, 3.63) is 18.1 Å². The lowest BCUT2D eigenvalue weighted by Crippen LogP contribution is -2.46. The minimum Gasteiger partial charge on any atom is -0.390 e. The van der Waals surface area contributed by atoms with E-state index in [1.165, 1.54) is 12.7 Å². The molecule has 0 radical (unpaired) electrons. The topological polar surface area (TPSA) is 127 Å². The maximum absolute atomic E-state index is 11.1. The maximum atomic E-state index is 11.1. The summed E-state index contributed by atoms with van der Waals surface area (Å²) in [4.78, 5) is 8.53. The fourth-order valence-electron chi connectivity index (χ4n) is 4.99. The van der Waals surface area contributed by atoms with Crippen molar-refractivity contribution >= 4 is 16.9 Å². The minimum atomic E-state index is -1.99. The summed E-state index contributed by atoms with van der Waals surface area (Å²) in [5.41, 5.74) is 4.48. The molecular formula is C20H24N4O4. The fraction of sp³-hybridized carbons (Fsp3) is 0.600. The summed E-state index contributed by atoms with van der Waals surface area (Å²) < 4.78 is 7.65. The van der Waals surface area contributed by atoms with Gasteiger partial charge in [-0.15, -0.1) is 6.42 Å². The van der Waals surface area contributed by atoms with E-state index in [-0.39, 0.29) is 6.42 Å². The lowest BCUT2D eigenvalue weighted by molar-refractivity contribution is -0.0769. The first-order chi connectivity index (χ1) is 13.4. The summed E-state index contributed by atoms with van der Waals surface area (Å²) in [6.45, 7) is 0. The van der Waals surface area contributed by atoms with Crippen LogP contribution in [0.4, 0.5) is 5.82 Å². The van der Waals surface area contributed by atoms with Crippen LogP contribution in [0.25, 0.3) is 11.0 Å². The normalized spacial score (nSPS) is 38.1. The van der Waals surface area contributed by atoms with Crippen molar-refractivity contribution in [2.75, 3.05) is 5.73 Å². The Morgan fingerprint density at radius 1 is 1.25 bits per heavy atom. The lowest BCUT2D eigenvalue weighted by Gasteiger charge is -2.26. The predicted molar refractivity (Wildman–Crippen MR) is 101 cm³/mol. The molecule has 1 saturated heterocycles. The Balaban J connectivity index is 1.67. The number of nitrogens with zero attached hydrogens (tertiary/aromatic N) is 3.